The first kappa shape index (κ1) is 25.5. The van der Waals surface area contributed by atoms with E-state index in [1.165, 1.54) is 24.3 Å². The Kier molecular flexibility index (Phi) is 7.79. The molecular formula is C21H24F3N5O4S. The van der Waals surface area contributed by atoms with Gasteiger partial charge in [0, 0.05) is 18.7 Å². The zero-order valence-electron chi connectivity index (χ0n) is 18.0. The Bertz CT molecular complexity index is 1160. The van der Waals surface area contributed by atoms with Gasteiger partial charge >= 0.3 is 6.18 Å². The van der Waals surface area contributed by atoms with Gasteiger partial charge in [-0.15, -0.1) is 0 Å². The summed E-state index contributed by atoms with van der Waals surface area (Å²) >= 11 is 0. The highest BCUT2D eigenvalue weighted by Gasteiger charge is 2.35. The maximum Gasteiger partial charge on any atom is 0.420 e. The number of carbonyl (C=O) groups excluding carboxylic acids is 1. The van der Waals surface area contributed by atoms with E-state index in [1.807, 2.05) is 0 Å². The summed E-state index contributed by atoms with van der Waals surface area (Å²) in [6.07, 6.45) is -2.65. The minimum absolute atomic E-state index is 0.0233. The van der Waals surface area contributed by atoms with E-state index in [2.05, 4.69) is 14.6 Å². The monoisotopic (exact) mass is 499 g/mol. The van der Waals surface area contributed by atoms with Crippen LogP contribution in [0.5, 0.6) is 11.5 Å². The smallest absolute Gasteiger partial charge is 0.420 e. The lowest BCUT2D eigenvalue weighted by Crippen LogP contribution is -2.33. The maximum atomic E-state index is 13.5. The molecule has 1 saturated heterocycles. The predicted octanol–water partition coefficient (Wildman–Crippen LogP) is 2.29. The Morgan fingerprint density at radius 2 is 1.74 bits per heavy atom. The lowest BCUT2D eigenvalue weighted by atomic mass is 10.1. The third-order valence-corrected chi connectivity index (χ3v) is 6.52. The first-order chi connectivity index (χ1) is 16.0. The number of amides is 1. The largest absolute Gasteiger partial charge is 0.457 e. The van der Waals surface area contributed by atoms with Gasteiger partial charge in [-0.1, -0.05) is 0 Å². The van der Waals surface area contributed by atoms with Crippen molar-refractivity contribution >= 4 is 21.9 Å². The number of hydrogen-bond acceptors (Lipinski definition) is 5. The molecule has 1 heterocycles. The van der Waals surface area contributed by atoms with Gasteiger partial charge in [0.25, 0.3) is 5.91 Å². The van der Waals surface area contributed by atoms with Gasteiger partial charge in [-0.25, -0.2) is 13.1 Å². The number of rotatable bonds is 8. The second kappa shape index (κ2) is 10.4. The van der Waals surface area contributed by atoms with Crippen molar-refractivity contribution < 1.29 is 31.1 Å². The number of nitrogens with two attached hydrogens (primary N) is 2. The van der Waals surface area contributed by atoms with Gasteiger partial charge in [0.1, 0.15) is 11.5 Å². The van der Waals surface area contributed by atoms with Crippen molar-refractivity contribution in [3.63, 3.8) is 0 Å². The van der Waals surface area contributed by atoms with Crippen molar-refractivity contribution in [2.24, 2.45) is 16.5 Å². The molecule has 5 N–H and O–H groups in total. The van der Waals surface area contributed by atoms with E-state index in [-0.39, 0.29) is 22.8 Å². The van der Waals surface area contributed by atoms with Crippen molar-refractivity contribution in [3.05, 3.63) is 53.6 Å². The van der Waals surface area contributed by atoms with Crippen molar-refractivity contribution in [1.29, 1.82) is 0 Å². The molecule has 0 radical (unpaired) electrons. The molecule has 0 unspecified atom stereocenters. The van der Waals surface area contributed by atoms with Crippen LogP contribution in [-0.4, -0.2) is 51.4 Å². The summed E-state index contributed by atoms with van der Waals surface area (Å²) < 4.78 is 73.4. The highest BCUT2D eigenvalue weighted by Crippen LogP contribution is 2.39. The highest BCUT2D eigenvalue weighted by atomic mass is 32.2. The molecule has 1 aliphatic rings. The summed E-state index contributed by atoms with van der Waals surface area (Å²) in [6, 6.07) is 7.58. The molecule has 2 aromatic carbocycles. The molecule has 0 bridgehead atoms. The lowest BCUT2D eigenvalue weighted by molar-refractivity contribution is -0.138. The van der Waals surface area contributed by atoms with Crippen LogP contribution < -0.4 is 20.9 Å². The summed E-state index contributed by atoms with van der Waals surface area (Å²) in [5, 5.41) is 0. The van der Waals surface area contributed by atoms with Gasteiger partial charge in [0.2, 0.25) is 10.0 Å². The van der Waals surface area contributed by atoms with Crippen molar-refractivity contribution in [2.45, 2.75) is 23.9 Å². The minimum Gasteiger partial charge on any atom is -0.457 e. The van der Waals surface area contributed by atoms with Gasteiger partial charge in [-0.3, -0.25) is 4.79 Å². The van der Waals surface area contributed by atoms with Crippen molar-refractivity contribution in [1.82, 2.24) is 9.62 Å². The zero-order chi connectivity index (χ0) is 24.9. The molecular weight excluding hydrogens is 475 g/mol. The molecule has 13 heteroatoms. The molecule has 0 aromatic heterocycles. The van der Waals surface area contributed by atoms with E-state index in [4.69, 9.17) is 16.2 Å². The van der Waals surface area contributed by atoms with Crippen LogP contribution in [0.15, 0.2) is 52.4 Å². The first-order valence-electron chi connectivity index (χ1n) is 10.3. The molecule has 0 atom stereocenters. The number of likely N-dealkylation sites (tertiary alicyclic amines) is 1. The third-order valence-electron chi connectivity index (χ3n) is 5.04. The summed E-state index contributed by atoms with van der Waals surface area (Å²) in [4.78, 5) is 17.2. The number of hydrogen-bond donors (Lipinski definition) is 3. The third kappa shape index (κ3) is 6.68. The molecule has 0 aliphatic carbocycles. The normalized spacial score (nSPS) is 14.7. The molecule has 3 rings (SSSR count). The fraction of sp³-hybridized carbons (Fsp3) is 0.333. The number of halogens is 3. The zero-order valence-corrected chi connectivity index (χ0v) is 18.8. The molecule has 1 fully saturated rings. The number of benzene rings is 2. The number of sulfonamides is 1. The Labute approximate surface area is 194 Å². The number of guanidine groups is 1. The summed E-state index contributed by atoms with van der Waals surface area (Å²) in [7, 11) is -3.78. The van der Waals surface area contributed by atoms with E-state index in [9.17, 15) is 26.4 Å². The molecule has 0 saturated carbocycles. The van der Waals surface area contributed by atoms with Crippen LogP contribution >= 0.6 is 0 Å². The quantitative estimate of drug-likeness (QED) is 0.374. The average molecular weight is 500 g/mol. The van der Waals surface area contributed by atoms with E-state index >= 15 is 0 Å². The van der Waals surface area contributed by atoms with Gasteiger partial charge in [-0.2, -0.15) is 18.2 Å². The minimum atomic E-state index is -4.84. The fourth-order valence-electron chi connectivity index (χ4n) is 3.40. The maximum absolute atomic E-state index is 13.5. The first-order valence-corrected chi connectivity index (χ1v) is 11.8. The van der Waals surface area contributed by atoms with Crippen LogP contribution in [0.2, 0.25) is 0 Å². The van der Waals surface area contributed by atoms with Crippen LogP contribution in [-0.2, 0) is 16.2 Å². The standard InChI is InChI=1S/C21H24F3N5O4S/c22-21(23,24)17-13-14(19(30)28-20(25)26)3-8-18(17)33-15-4-6-16(7-5-15)34(31,32)27-9-12-29-10-1-2-11-29/h3-8,13,27H,1-2,9-12H2,(H4,25,26,28,30). The van der Waals surface area contributed by atoms with Crippen molar-refractivity contribution in [3.8, 4) is 11.5 Å². The van der Waals surface area contributed by atoms with Crippen LogP contribution in [0.1, 0.15) is 28.8 Å². The molecule has 34 heavy (non-hydrogen) atoms. The SMILES string of the molecule is NC(N)=NC(=O)c1ccc(Oc2ccc(S(=O)(=O)NCCN3CCCC3)cc2)c(C(F)(F)F)c1. The second-order valence-corrected chi connectivity index (χ2v) is 9.34. The summed E-state index contributed by atoms with van der Waals surface area (Å²) in [6.45, 7) is 2.73. The number of ether oxygens (including phenoxy) is 1. The number of alkyl halides is 3. The Morgan fingerprint density at radius 1 is 1.09 bits per heavy atom. The molecule has 184 valence electrons. The van der Waals surface area contributed by atoms with E-state index < -0.39 is 39.4 Å². The molecule has 0 spiro atoms. The Balaban J connectivity index is 1.73. The number of nitrogens with zero attached hydrogens (tertiary/aromatic N) is 2. The molecule has 1 aliphatic heterocycles. The predicted molar refractivity (Wildman–Crippen MR) is 119 cm³/mol. The summed E-state index contributed by atoms with van der Waals surface area (Å²) in [5.41, 5.74) is 8.59. The number of aliphatic imine (C=N–C) groups is 1. The second-order valence-electron chi connectivity index (χ2n) is 7.57. The number of nitrogens with one attached hydrogen (secondary N) is 1. The summed E-state index contributed by atoms with van der Waals surface area (Å²) in [5.74, 6) is -2.22. The van der Waals surface area contributed by atoms with Gasteiger partial charge in [0.05, 0.1) is 10.5 Å². The van der Waals surface area contributed by atoms with Crippen LogP contribution in [0.25, 0.3) is 0 Å². The van der Waals surface area contributed by atoms with Crippen molar-refractivity contribution in [2.75, 3.05) is 26.2 Å². The van der Waals surface area contributed by atoms with Crippen LogP contribution in [0.3, 0.4) is 0 Å². The molecule has 9 nitrogen and oxygen atoms in total. The topological polar surface area (TPSA) is 140 Å². The molecule has 2 aromatic rings. The van der Waals surface area contributed by atoms with Crippen LogP contribution in [0, 0.1) is 0 Å². The highest BCUT2D eigenvalue weighted by molar-refractivity contribution is 7.89. The van der Waals surface area contributed by atoms with E-state index in [0.717, 1.165) is 38.1 Å². The van der Waals surface area contributed by atoms with Gasteiger partial charge in [0.15, 0.2) is 5.96 Å². The van der Waals surface area contributed by atoms with Crippen LogP contribution in [0.4, 0.5) is 13.2 Å². The van der Waals surface area contributed by atoms with E-state index in [0.29, 0.717) is 12.6 Å². The lowest BCUT2D eigenvalue weighted by Gasteiger charge is -2.16. The Morgan fingerprint density at radius 3 is 2.32 bits per heavy atom. The molecule has 1 amide bonds. The van der Waals surface area contributed by atoms with Gasteiger partial charge < -0.3 is 21.1 Å². The fourth-order valence-corrected chi connectivity index (χ4v) is 4.42. The average Bonchev–Trinajstić information content (AvgIpc) is 3.26. The number of carbonyl (C=O) groups is 1. The Hall–Kier alpha value is -3.16. The van der Waals surface area contributed by atoms with E-state index in [1.54, 1.807) is 0 Å². The van der Waals surface area contributed by atoms with Gasteiger partial charge in [-0.05, 0) is 68.4 Å².